The Balaban J connectivity index is 1.53. The van der Waals surface area contributed by atoms with Gasteiger partial charge in [0.05, 0.1) is 22.3 Å². The average Bonchev–Trinajstić information content (AvgIpc) is 3.09. The Morgan fingerprint density at radius 3 is 2.61 bits per heavy atom. The summed E-state index contributed by atoms with van der Waals surface area (Å²) in [5.74, 6) is 0.278. The van der Waals surface area contributed by atoms with Crippen molar-refractivity contribution >= 4 is 68.4 Å². The van der Waals surface area contributed by atoms with Gasteiger partial charge in [-0.05, 0) is 48.9 Å². The Morgan fingerprint density at radius 2 is 1.90 bits per heavy atom. The van der Waals surface area contributed by atoms with E-state index in [-0.39, 0.29) is 24.1 Å². The van der Waals surface area contributed by atoms with E-state index in [1.807, 2.05) is 25.1 Å². The standard InChI is InChI=1S/C20H18BrCl2N5O2S/c1-11-7-13(4-5-14(11)21)25-18(29)10-31-20-27-26-17(28(20)2)9-24-19(30)12-3-6-15(22)16(23)8-12/h3-8H,9-10H2,1-2H3,(H,24,30)(H,25,29). The Labute approximate surface area is 202 Å². The zero-order valence-electron chi connectivity index (χ0n) is 16.6. The normalized spacial score (nSPS) is 10.7. The van der Waals surface area contributed by atoms with Gasteiger partial charge in [-0.2, -0.15) is 0 Å². The largest absolute Gasteiger partial charge is 0.345 e. The van der Waals surface area contributed by atoms with Crippen LogP contribution in [0.25, 0.3) is 0 Å². The second-order valence-electron chi connectivity index (χ2n) is 6.57. The number of hydrogen-bond donors (Lipinski definition) is 2. The lowest BCUT2D eigenvalue weighted by atomic mass is 10.2. The molecule has 0 saturated carbocycles. The summed E-state index contributed by atoms with van der Waals surface area (Å²) in [4.78, 5) is 24.5. The number of carbonyl (C=O) groups is 2. The van der Waals surface area contributed by atoms with E-state index in [0.29, 0.717) is 26.6 Å². The van der Waals surface area contributed by atoms with Crippen LogP contribution in [0.5, 0.6) is 0 Å². The fraction of sp³-hybridized carbons (Fsp3) is 0.200. The van der Waals surface area contributed by atoms with Gasteiger partial charge in [-0.3, -0.25) is 9.59 Å². The molecule has 0 fully saturated rings. The number of aryl methyl sites for hydroxylation is 1. The van der Waals surface area contributed by atoms with Crippen LogP contribution in [0.15, 0.2) is 46.0 Å². The van der Waals surface area contributed by atoms with E-state index in [0.717, 1.165) is 15.7 Å². The van der Waals surface area contributed by atoms with Crippen molar-refractivity contribution < 1.29 is 9.59 Å². The molecule has 0 radical (unpaired) electrons. The lowest BCUT2D eigenvalue weighted by Crippen LogP contribution is -2.24. The summed E-state index contributed by atoms with van der Waals surface area (Å²) in [7, 11) is 1.78. The second kappa shape index (κ2) is 10.5. The minimum Gasteiger partial charge on any atom is -0.345 e. The number of carbonyl (C=O) groups excluding carboxylic acids is 2. The van der Waals surface area contributed by atoms with Crippen LogP contribution in [0.1, 0.15) is 21.7 Å². The van der Waals surface area contributed by atoms with Gasteiger partial charge in [-0.1, -0.05) is 50.9 Å². The van der Waals surface area contributed by atoms with Crippen LogP contribution in [0.2, 0.25) is 10.0 Å². The van der Waals surface area contributed by atoms with Gasteiger partial charge in [-0.25, -0.2) is 0 Å². The van der Waals surface area contributed by atoms with E-state index in [4.69, 9.17) is 23.2 Å². The predicted octanol–water partition coefficient (Wildman–Crippen LogP) is 4.85. The SMILES string of the molecule is Cc1cc(NC(=O)CSc2nnc(CNC(=O)c3ccc(Cl)c(Cl)c3)n2C)ccc1Br. The number of nitrogens with one attached hydrogen (secondary N) is 2. The smallest absolute Gasteiger partial charge is 0.251 e. The van der Waals surface area contributed by atoms with Gasteiger partial charge in [0.2, 0.25) is 5.91 Å². The van der Waals surface area contributed by atoms with Crippen molar-refractivity contribution in [2.45, 2.75) is 18.6 Å². The van der Waals surface area contributed by atoms with Crippen LogP contribution >= 0.6 is 50.9 Å². The van der Waals surface area contributed by atoms with Gasteiger partial charge >= 0.3 is 0 Å². The number of halogens is 3. The summed E-state index contributed by atoms with van der Waals surface area (Å²) in [6, 6.07) is 10.3. The number of benzene rings is 2. The molecule has 0 atom stereocenters. The van der Waals surface area contributed by atoms with Crippen molar-refractivity contribution in [2.24, 2.45) is 7.05 Å². The van der Waals surface area contributed by atoms with E-state index in [2.05, 4.69) is 36.8 Å². The molecule has 2 N–H and O–H groups in total. The minimum atomic E-state index is -0.306. The molecule has 0 aliphatic carbocycles. The lowest BCUT2D eigenvalue weighted by Gasteiger charge is -2.08. The van der Waals surface area contributed by atoms with Gasteiger partial charge in [0.1, 0.15) is 0 Å². The number of amides is 2. The van der Waals surface area contributed by atoms with E-state index in [1.165, 1.54) is 17.8 Å². The molecule has 1 heterocycles. The molecule has 3 aromatic rings. The van der Waals surface area contributed by atoms with E-state index < -0.39 is 0 Å². The molecule has 162 valence electrons. The number of nitrogens with zero attached hydrogens (tertiary/aromatic N) is 3. The third-order valence-electron chi connectivity index (χ3n) is 4.29. The fourth-order valence-corrected chi connectivity index (χ4v) is 3.85. The third-order valence-corrected chi connectivity index (χ3v) is 6.94. The highest BCUT2D eigenvalue weighted by Gasteiger charge is 2.14. The first-order valence-corrected chi connectivity index (χ1v) is 11.6. The Kier molecular flexibility index (Phi) is 7.99. The number of rotatable bonds is 7. The number of hydrogen-bond acceptors (Lipinski definition) is 5. The highest BCUT2D eigenvalue weighted by atomic mass is 79.9. The van der Waals surface area contributed by atoms with Crippen LogP contribution < -0.4 is 10.6 Å². The molecule has 2 amide bonds. The van der Waals surface area contributed by atoms with Crippen LogP contribution in [0.4, 0.5) is 5.69 Å². The summed E-state index contributed by atoms with van der Waals surface area (Å²) in [5, 5.41) is 15.1. The van der Waals surface area contributed by atoms with Crippen molar-refractivity contribution in [1.82, 2.24) is 20.1 Å². The molecular formula is C20H18BrCl2N5O2S. The molecular weight excluding hydrogens is 525 g/mol. The first-order valence-electron chi connectivity index (χ1n) is 9.05. The Hall–Kier alpha value is -2.07. The molecule has 0 spiro atoms. The van der Waals surface area contributed by atoms with Gasteiger partial charge in [0.25, 0.3) is 5.91 Å². The zero-order valence-corrected chi connectivity index (χ0v) is 20.5. The summed E-state index contributed by atoms with van der Waals surface area (Å²) in [5.41, 5.74) is 2.16. The molecule has 7 nitrogen and oxygen atoms in total. The monoisotopic (exact) mass is 541 g/mol. The predicted molar refractivity (Wildman–Crippen MR) is 127 cm³/mol. The van der Waals surface area contributed by atoms with Crippen molar-refractivity contribution in [1.29, 1.82) is 0 Å². The summed E-state index contributed by atoms with van der Waals surface area (Å²) in [6.45, 7) is 2.13. The maximum atomic E-state index is 12.3. The third kappa shape index (κ3) is 6.22. The van der Waals surface area contributed by atoms with E-state index in [1.54, 1.807) is 23.7 Å². The van der Waals surface area contributed by atoms with Crippen LogP contribution in [-0.4, -0.2) is 32.3 Å². The quantitative estimate of drug-likeness (QED) is 0.416. The molecule has 1 aromatic heterocycles. The van der Waals surface area contributed by atoms with Crippen molar-refractivity contribution in [3.63, 3.8) is 0 Å². The van der Waals surface area contributed by atoms with Crippen molar-refractivity contribution in [3.05, 3.63) is 67.9 Å². The minimum absolute atomic E-state index is 0.149. The summed E-state index contributed by atoms with van der Waals surface area (Å²) in [6.07, 6.45) is 0. The Bertz CT molecular complexity index is 1140. The topological polar surface area (TPSA) is 88.9 Å². The molecule has 0 aliphatic heterocycles. The zero-order chi connectivity index (χ0) is 22.5. The summed E-state index contributed by atoms with van der Waals surface area (Å²) < 4.78 is 2.72. The average molecular weight is 543 g/mol. The van der Waals surface area contributed by atoms with Crippen molar-refractivity contribution in [2.75, 3.05) is 11.1 Å². The number of aromatic nitrogens is 3. The molecule has 2 aromatic carbocycles. The molecule has 11 heteroatoms. The highest BCUT2D eigenvalue weighted by molar-refractivity contribution is 9.10. The molecule has 0 bridgehead atoms. The molecule has 0 saturated heterocycles. The number of thioether (sulfide) groups is 1. The van der Waals surface area contributed by atoms with Crippen LogP contribution in [0.3, 0.4) is 0 Å². The fourth-order valence-electron chi connectivity index (χ4n) is 2.57. The van der Waals surface area contributed by atoms with Crippen LogP contribution in [-0.2, 0) is 18.4 Å². The number of anilines is 1. The van der Waals surface area contributed by atoms with Gasteiger partial charge in [-0.15, -0.1) is 10.2 Å². The first-order chi connectivity index (χ1) is 14.7. The van der Waals surface area contributed by atoms with E-state index in [9.17, 15) is 9.59 Å². The van der Waals surface area contributed by atoms with Gasteiger partial charge in [0, 0.05) is 22.8 Å². The van der Waals surface area contributed by atoms with Gasteiger partial charge in [0.15, 0.2) is 11.0 Å². The molecule has 0 unspecified atom stereocenters. The highest BCUT2D eigenvalue weighted by Crippen LogP contribution is 2.23. The second-order valence-corrected chi connectivity index (χ2v) is 9.18. The Morgan fingerprint density at radius 1 is 1.13 bits per heavy atom. The first kappa shape index (κ1) is 23.6. The van der Waals surface area contributed by atoms with Crippen molar-refractivity contribution in [3.8, 4) is 0 Å². The lowest BCUT2D eigenvalue weighted by molar-refractivity contribution is -0.113. The molecule has 3 rings (SSSR count). The van der Waals surface area contributed by atoms with Crippen LogP contribution in [0, 0.1) is 6.92 Å². The molecule has 31 heavy (non-hydrogen) atoms. The van der Waals surface area contributed by atoms with E-state index >= 15 is 0 Å². The molecule has 0 aliphatic rings. The maximum Gasteiger partial charge on any atom is 0.251 e. The maximum absolute atomic E-state index is 12.3. The summed E-state index contributed by atoms with van der Waals surface area (Å²) >= 11 is 16.5. The van der Waals surface area contributed by atoms with Gasteiger partial charge < -0.3 is 15.2 Å².